The fourth-order valence-electron chi connectivity index (χ4n) is 3.34. The molecule has 6 heteroatoms. The monoisotopic (exact) mass is 344 g/mol. The average Bonchev–Trinajstić information content (AvgIpc) is 2.97. The van der Waals surface area contributed by atoms with Gasteiger partial charge in [-0.15, -0.1) is 0 Å². The average molecular weight is 344 g/mol. The van der Waals surface area contributed by atoms with E-state index in [0.29, 0.717) is 19.6 Å². The number of nitrogens with zero attached hydrogens (tertiary/aromatic N) is 2. The van der Waals surface area contributed by atoms with Crippen molar-refractivity contribution in [2.45, 2.75) is 39.2 Å². The van der Waals surface area contributed by atoms with Gasteiger partial charge in [0.1, 0.15) is 5.60 Å². The molecule has 134 valence electrons. The van der Waals surface area contributed by atoms with Crippen LogP contribution in [0.25, 0.3) is 5.57 Å². The van der Waals surface area contributed by atoms with E-state index in [9.17, 15) is 14.7 Å². The van der Waals surface area contributed by atoms with Crippen molar-refractivity contribution in [1.29, 1.82) is 0 Å². The molecule has 2 aliphatic heterocycles. The number of anilines is 1. The fraction of sp³-hybridized carbons (Fsp3) is 0.474. The summed E-state index contributed by atoms with van der Waals surface area (Å²) in [4.78, 5) is 26.6. The van der Waals surface area contributed by atoms with Crippen LogP contribution in [0.1, 0.15) is 38.3 Å². The number of carboxylic acid groups (broad SMARTS) is 1. The van der Waals surface area contributed by atoms with Crippen LogP contribution in [0.3, 0.4) is 0 Å². The van der Waals surface area contributed by atoms with Gasteiger partial charge in [0.25, 0.3) is 0 Å². The Labute approximate surface area is 147 Å². The summed E-state index contributed by atoms with van der Waals surface area (Å²) in [6.07, 6.45) is 2.31. The third-order valence-electron chi connectivity index (χ3n) is 4.47. The van der Waals surface area contributed by atoms with E-state index in [2.05, 4.69) is 0 Å². The van der Waals surface area contributed by atoms with E-state index >= 15 is 0 Å². The number of fused-ring (bicyclic) bond motifs is 1. The summed E-state index contributed by atoms with van der Waals surface area (Å²) in [7, 11) is 0. The van der Waals surface area contributed by atoms with Gasteiger partial charge in [-0.1, -0.05) is 18.2 Å². The lowest BCUT2D eigenvalue weighted by atomic mass is 9.93. The highest BCUT2D eigenvalue weighted by Crippen LogP contribution is 2.36. The summed E-state index contributed by atoms with van der Waals surface area (Å²) in [5.74, 6) is 0. The predicted molar refractivity (Wildman–Crippen MR) is 95.9 cm³/mol. The highest BCUT2D eigenvalue weighted by Gasteiger charge is 2.28. The molecule has 0 saturated carbocycles. The Kier molecular flexibility index (Phi) is 4.45. The number of ether oxygens (including phenoxy) is 1. The molecule has 2 heterocycles. The molecule has 0 saturated heterocycles. The van der Waals surface area contributed by atoms with Crippen LogP contribution in [0, 0.1) is 0 Å². The topological polar surface area (TPSA) is 70.1 Å². The molecule has 0 aliphatic carbocycles. The molecule has 1 N–H and O–H groups in total. The second-order valence-corrected chi connectivity index (χ2v) is 7.39. The van der Waals surface area contributed by atoms with Crippen molar-refractivity contribution in [3.63, 3.8) is 0 Å². The number of hydrogen-bond acceptors (Lipinski definition) is 3. The highest BCUT2D eigenvalue weighted by atomic mass is 16.6. The Morgan fingerprint density at radius 2 is 1.92 bits per heavy atom. The van der Waals surface area contributed by atoms with Crippen LogP contribution in [0.15, 0.2) is 24.3 Å². The zero-order valence-corrected chi connectivity index (χ0v) is 14.9. The van der Waals surface area contributed by atoms with Crippen molar-refractivity contribution < 1.29 is 19.4 Å². The zero-order chi connectivity index (χ0) is 18.2. The van der Waals surface area contributed by atoms with Crippen LogP contribution in [0.5, 0.6) is 0 Å². The summed E-state index contributed by atoms with van der Waals surface area (Å²) in [6.45, 7) is 7.19. The van der Waals surface area contributed by atoms with Gasteiger partial charge >= 0.3 is 12.2 Å². The van der Waals surface area contributed by atoms with Gasteiger partial charge in [-0.3, -0.25) is 4.90 Å². The third-order valence-corrected chi connectivity index (χ3v) is 4.47. The molecule has 2 amide bonds. The fourth-order valence-corrected chi connectivity index (χ4v) is 3.34. The molecule has 3 rings (SSSR count). The van der Waals surface area contributed by atoms with Crippen molar-refractivity contribution in [1.82, 2.24) is 4.90 Å². The van der Waals surface area contributed by atoms with Crippen LogP contribution in [0.4, 0.5) is 15.3 Å². The second-order valence-electron chi connectivity index (χ2n) is 7.39. The van der Waals surface area contributed by atoms with Crippen molar-refractivity contribution in [2.24, 2.45) is 0 Å². The molecule has 0 atom stereocenters. The lowest BCUT2D eigenvalue weighted by molar-refractivity contribution is 0.0270. The summed E-state index contributed by atoms with van der Waals surface area (Å²) in [6, 6.07) is 5.80. The van der Waals surface area contributed by atoms with Crippen molar-refractivity contribution in [2.75, 3.05) is 24.5 Å². The maximum atomic E-state index is 12.2. The van der Waals surface area contributed by atoms with Gasteiger partial charge in [-0.2, -0.15) is 0 Å². The minimum absolute atomic E-state index is 0.293. The lowest BCUT2D eigenvalue weighted by Gasteiger charge is -2.30. The zero-order valence-electron chi connectivity index (χ0n) is 14.9. The van der Waals surface area contributed by atoms with Crippen molar-refractivity contribution >= 4 is 23.4 Å². The van der Waals surface area contributed by atoms with Gasteiger partial charge in [-0.25, -0.2) is 9.59 Å². The SMILES string of the molecule is CC(C)(C)OC(=O)N1CC=C(c2cccc3c2CCN3C(=O)O)CC1. The van der Waals surface area contributed by atoms with Gasteiger partial charge in [-0.05, 0) is 56.4 Å². The minimum atomic E-state index is -0.912. The van der Waals surface area contributed by atoms with E-state index < -0.39 is 11.7 Å². The molecule has 0 aromatic heterocycles. The van der Waals surface area contributed by atoms with Gasteiger partial charge in [0, 0.05) is 19.6 Å². The van der Waals surface area contributed by atoms with Crippen LogP contribution in [0.2, 0.25) is 0 Å². The van der Waals surface area contributed by atoms with E-state index in [-0.39, 0.29) is 6.09 Å². The first kappa shape index (κ1) is 17.3. The lowest BCUT2D eigenvalue weighted by Crippen LogP contribution is -2.39. The van der Waals surface area contributed by atoms with Crippen LogP contribution >= 0.6 is 0 Å². The molecule has 1 aromatic carbocycles. The Morgan fingerprint density at radius 1 is 1.16 bits per heavy atom. The van der Waals surface area contributed by atoms with Gasteiger partial charge in [0.15, 0.2) is 0 Å². The van der Waals surface area contributed by atoms with Crippen LogP contribution < -0.4 is 4.90 Å². The first-order valence-electron chi connectivity index (χ1n) is 8.56. The Hall–Kier alpha value is -2.50. The van der Waals surface area contributed by atoms with E-state index in [1.54, 1.807) is 4.90 Å². The van der Waals surface area contributed by atoms with Gasteiger partial charge in [0.05, 0.1) is 5.69 Å². The van der Waals surface area contributed by atoms with Crippen LogP contribution in [-0.2, 0) is 11.2 Å². The number of benzene rings is 1. The van der Waals surface area contributed by atoms with Gasteiger partial charge < -0.3 is 14.7 Å². The molecule has 2 aliphatic rings. The summed E-state index contributed by atoms with van der Waals surface area (Å²) >= 11 is 0. The van der Waals surface area contributed by atoms with Gasteiger partial charge in [0.2, 0.25) is 0 Å². The maximum absolute atomic E-state index is 12.2. The van der Waals surface area contributed by atoms with Crippen molar-refractivity contribution in [3.8, 4) is 0 Å². The Balaban J connectivity index is 1.77. The first-order chi connectivity index (χ1) is 11.8. The van der Waals surface area contributed by atoms with E-state index in [4.69, 9.17) is 4.74 Å². The Bertz CT molecular complexity index is 733. The quantitative estimate of drug-likeness (QED) is 0.842. The highest BCUT2D eigenvalue weighted by molar-refractivity contribution is 5.91. The molecule has 0 unspecified atom stereocenters. The number of hydrogen-bond donors (Lipinski definition) is 1. The molecule has 1 aromatic rings. The number of carbonyl (C=O) groups excluding carboxylic acids is 1. The van der Waals surface area contributed by atoms with E-state index in [1.807, 2.05) is 45.0 Å². The van der Waals surface area contributed by atoms with Crippen molar-refractivity contribution in [3.05, 3.63) is 35.4 Å². The molecule has 6 nitrogen and oxygen atoms in total. The number of carbonyl (C=O) groups is 2. The number of amides is 2. The summed E-state index contributed by atoms with van der Waals surface area (Å²) in [5.41, 5.74) is 3.64. The molecule has 25 heavy (non-hydrogen) atoms. The Morgan fingerprint density at radius 3 is 2.52 bits per heavy atom. The molecular formula is C19H24N2O4. The summed E-state index contributed by atoms with van der Waals surface area (Å²) in [5, 5.41) is 9.30. The van der Waals surface area contributed by atoms with E-state index in [1.165, 1.54) is 10.5 Å². The second kappa shape index (κ2) is 6.43. The molecule has 0 bridgehead atoms. The smallest absolute Gasteiger partial charge is 0.411 e. The molecular weight excluding hydrogens is 320 g/mol. The molecule has 0 radical (unpaired) electrons. The number of rotatable bonds is 1. The first-order valence-corrected chi connectivity index (χ1v) is 8.56. The van der Waals surface area contributed by atoms with E-state index in [0.717, 1.165) is 29.7 Å². The maximum Gasteiger partial charge on any atom is 0.411 e. The van der Waals surface area contributed by atoms with Crippen LogP contribution in [-0.4, -0.2) is 47.4 Å². The molecule has 0 fully saturated rings. The predicted octanol–water partition coefficient (Wildman–Crippen LogP) is 3.75. The molecule has 0 spiro atoms. The normalized spacial score (nSPS) is 17.2. The summed E-state index contributed by atoms with van der Waals surface area (Å²) < 4.78 is 5.42. The third kappa shape index (κ3) is 3.62. The largest absolute Gasteiger partial charge is 0.465 e. The standard InChI is InChI=1S/C19H24N2O4/c1-19(2,3)25-18(24)20-10-7-13(8-11-20)14-5-4-6-16-15(14)9-12-21(16)17(22)23/h4-7H,8-12H2,1-3H3,(H,22,23). The minimum Gasteiger partial charge on any atom is -0.465 e.